The molecule has 1 N–H and O–H groups in total. The molecule has 0 saturated carbocycles. The van der Waals surface area contributed by atoms with Gasteiger partial charge in [-0.3, -0.25) is 0 Å². The van der Waals surface area contributed by atoms with E-state index in [1.165, 1.54) is 0 Å². The zero-order chi connectivity index (χ0) is 16.5. The Morgan fingerprint density at radius 2 is 1.91 bits per heavy atom. The highest BCUT2D eigenvalue weighted by molar-refractivity contribution is 5.68. The van der Waals surface area contributed by atoms with Crippen LogP contribution < -0.4 is 5.32 Å². The molecule has 0 aliphatic heterocycles. The first kappa shape index (κ1) is 16.3. The van der Waals surface area contributed by atoms with E-state index < -0.39 is 6.09 Å². The minimum atomic E-state index is -0.481. The average molecular weight is 306 g/mol. The molecule has 4 nitrogen and oxygen atoms in total. The molecule has 2 aromatic carbocycles. The van der Waals surface area contributed by atoms with Crippen LogP contribution in [0.4, 0.5) is 4.79 Å². The Hall–Kier alpha value is -3.06. The van der Waals surface area contributed by atoms with E-state index in [1.807, 2.05) is 42.5 Å². The lowest BCUT2D eigenvalue weighted by Gasteiger charge is -2.17. The molecule has 2 rings (SSSR count). The van der Waals surface area contributed by atoms with Crippen molar-refractivity contribution in [3.05, 3.63) is 83.9 Å². The minimum absolute atomic E-state index is 0.223. The maximum atomic E-state index is 12.0. The van der Waals surface area contributed by atoms with E-state index in [-0.39, 0.29) is 12.6 Å². The summed E-state index contributed by atoms with van der Waals surface area (Å²) in [6.07, 6.45) is 1.83. The van der Waals surface area contributed by atoms with Crippen molar-refractivity contribution < 1.29 is 9.53 Å². The van der Waals surface area contributed by atoms with Gasteiger partial charge in [-0.15, -0.1) is 6.58 Å². The van der Waals surface area contributed by atoms with Gasteiger partial charge in [0.1, 0.15) is 6.61 Å². The second kappa shape index (κ2) is 8.40. The van der Waals surface area contributed by atoms with E-state index in [1.54, 1.807) is 18.2 Å². The van der Waals surface area contributed by atoms with Crippen LogP contribution in [0.15, 0.2) is 67.3 Å². The van der Waals surface area contributed by atoms with E-state index in [9.17, 15) is 4.79 Å². The summed E-state index contributed by atoms with van der Waals surface area (Å²) in [5, 5.41) is 11.7. The molecule has 0 aliphatic rings. The van der Waals surface area contributed by atoms with Gasteiger partial charge in [-0.05, 0) is 29.7 Å². The molecular weight excluding hydrogens is 288 g/mol. The summed E-state index contributed by atoms with van der Waals surface area (Å²) in [4.78, 5) is 12.0. The van der Waals surface area contributed by atoms with E-state index in [0.717, 1.165) is 11.1 Å². The van der Waals surface area contributed by atoms with Crippen molar-refractivity contribution >= 4 is 6.09 Å². The monoisotopic (exact) mass is 306 g/mol. The fraction of sp³-hybridized carbons (Fsp3) is 0.158. The normalized spacial score (nSPS) is 11.1. The molecule has 0 heterocycles. The molecule has 0 bridgehead atoms. The summed E-state index contributed by atoms with van der Waals surface area (Å²) in [6.45, 7) is 3.94. The zero-order valence-corrected chi connectivity index (χ0v) is 12.7. The summed E-state index contributed by atoms with van der Waals surface area (Å²) < 4.78 is 5.23. The molecular formula is C19H18N2O2. The van der Waals surface area contributed by atoms with Crippen molar-refractivity contribution in [2.45, 2.75) is 19.1 Å². The molecule has 1 atom stereocenters. The third kappa shape index (κ3) is 5.01. The van der Waals surface area contributed by atoms with Crippen LogP contribution in [-0.2, 0) is 11.3 Å². The molecule has 0 saturated heterocycles. The lowest BCUT2D eigenvalue weighted by molar-refractivity contribution is 0.135. The Bertz CT molecular complexity index is 688. The number of hydrogen-bond donors (Lipinski definition) is 1. The minimum Gasteiger partial charge on any atom is -0.445 e. The quantitative estimate of drug-likeness (QED) is 0.817. The Labute approximate surface area is 136 Å². The molecule has 116 valence electrons. The number of hydrogen-bond acceptors (Lipinski definition) is 3. The smallest absolute Gasteiger partial charge is 0.407 e. The first-order valence-electron chi connectivity index (χ1n) is 7.31. The standard InChI is InChI=1S/C19H18N2O2/c1-2-6-18(17-11-9-15(13-20)10-12-17)21-19(22)23-14-16-7-4-3-5-8-16/h2-5,7-12,18H,1,6,14H2,(H,21,22). The highest BCUT2D eigenvalue weighted by Crippen LogP contribution is 2.18. The van der Waals surface area contributed by atoms with Gasteiger partial charge in [-0.25, -0.2) is 4.79 Å². The van der Waals surface area contributed by atoms with Gasteiger partial charge in [0.2, 0.25) is 0 Å². The Kier molecular flexibility index (Phi) is 5.96. The average Bonchev–Trinajstić information content (AvgIpc) is 2.60. The molecule has 23 heavy (non-hydrogen) atoms. The largest absolute Gasteiger partial charge is 0.445 e. The number of nitriles is 1. The number of rotatable bonds is 6. The molecule has 0 fully saturated rings. The van der Waals surface area contributed by atoms with Gasteiger partial charge in [0, 0.05) is 0 Å². The summed E-state index contributed by atoms with van der Waals surface area (Å²) in [5.74, 6) is 0. The Morgan fingerprint density at radius 1 is 1.22 bits per heavy atom. The molecule has 1 amide bonds. The highest BCUT2D eigenvalue weighted by Gasteiger charge is 2.14. The van der Waals surface area contributed by atoms with Gasteiger partial charge in [0.05, 0.1) is 17.7 Å². The molecule has 0 spiro atoms. The first-order chi connectivity index (χ1) is 11.2. The molecule has 4 heteroatoms. The first-order valence-corrected chi connectivity index (χ1v) is 7.31. The number of benzene rings is 2. The third-order valence-electron chi connectivity index (χ3n) is 3.35. The highest BCUT2D eigenvalue weighted by atomic mass is 16.5. The van der Waals surface area contributed by atoms with E-state index >= 15 is 0 Å². The maximum Gasteiger partial charge on any atom is 0.407 e. The number of carbonyl (C=O) groups excluding carboxylic acids is 1. The summed E-state index contributed by atoms with van der Waals surface area (Å²) >= 11 is 0. The van der Waals surface area contributed by atoms with Crippen molar-refractivity contribution in [3.8, 4) is 6.07 Å². The Morgan fingerprint density at radius 3 is 2.52 bits per heavy atom. The number of nitrogens with one attached hydrogen (secondary N) is 1. The van der Waals surface area contributed by atoms with Crippen LogP contribution in [-0.4, -0.2) is 6.09 Å². The lowest BCUT2D eigenvalue weighted by Crippen LogP contribution is -2.28. The van der Waals surface area contributed by atoms with Gasteiger partial charge in [0.25, 0.3) is 0 Å². The Balaban J connectivity index is 1.96. The van der Waals surface area contributed by atoms with Gasteiger partial charge < -0.3 is 10.1 Å². The second-order valence-corrected chi connectivity index (χ2v) is 5.02. The van der Waals surface area contributed by atoms with E-state index in [4.69, 9.17) is 10.00 Å². The van der Waals surface area contributed by atoms with Crippen LogP contribution >= 0.6 is 0 Å². The molecule has 0 aromatic heterocycles. The van der Waals surface area contributed by atoms with Crippen LogP contribution in [0, 0.1) is 11.3 Å². The number of ether oxygens (including phenoxy) is 1. The number of amides is 1. The molecule has 0 aliphatic carbocycles. The topological polar surface area (TPSA) is 62.1 Å². The molecule has 0 radical (unpaired) electrons. The number of carbonyl (C=O) groups is 1. The number of alkyl carbamates (subject to hydrolysis) is 1. The van der Waals surface area contributed by atoms with Crippen LogP contribution in [0.2, 0.25) is 0 Å². The van der Waals surface area contributed by atoms with Crippen molar-refractivity contribution in [1.29, 1.82) is 5.26 Å². The predicted octanol–water partition coefficient (Wildman–Crippen LogP) is 4.10. The van der Waals surface area contributed by atoms with E-state index in [2.05, 4.69) is 18.0 Å². The summed E-state index contributed by atoms with van der Waals surface area (Å²) in [7, 11) is 0. The van der Waals surface area contributed by atoms with E-state index in [0.29, 0.717) is 12.0 Å². The molecule has 2 aromatic rings. The third-order valence-corrected chi connectivity index (χ3v) is 3.35. The van der Waals surface area contributed by atoms with Gasteiger partial charge in [-0.2, -0.15) is 5.26 Å². The van der Waals surface area contributed by atoms with Crippen LogP contribution in [0.3, 0.4) is 0 Å². The summed E-state index contributed by atoms with van der Waals surface area (Å²) in [6, 6.07) is 18.4. The van der Waals surface area contributed by atoms with Gasteiger partial charge in [0.15, 0.2) is 0 Å². The predicted molar refractivity (Wildman–Crippen MR) is 88.5 cm³/mol. The van der Waals surface area contributed by atoms with Gasteiger partial charge in [-0.1, -0.05) is 48.5 Å². The van der Waals surface area contributed by atoms with Crippen LogP contribution in [0.5, 0.6) is 0 Å². The summed E-state index contributed by atoms with van der Waals surface area (Å²) in [5.41, 5.74) is 2.42. The van der Waals surface area contributed by atoms with Crippen molar-refractivity contribution in [2.75, 3.05) is 0 Å². The fourth-order valence-corrected chi connectivity index (χ4v) is 2.14. The number of nitrogens with zero attached hydrogens (tertiary/aromatic N) is 1. The lowest BCUT2D eigenvalue weighted by atomic mass is 10.0. The van der Waals surface area contributed by atoms with Crippen molar-refractivity contribution in [1.82, 2.24) is 5.32 Å². The zero-order valence-electron chi connectivity index (χ0n) is 12.7. The van der Waals surface area contributed by atoms with Gasteiger partial charge >= 0.3 is 6.09 Å². The van der Waals surface area contributed by atoms with Crippen LogP contribution in [0.1, 0.15) is 29.2 Å². The van der Waals surface area contributed by atoms with Crippen LogP contribution in [0.25, 0.3) is 0 Å². The van der Waals surface area contributed by atoms with Crippen molar-refractivity contribution in [3.63, 3.8) is 0 Å². The molecule has 1 unspecified atom stereocenters. The second-order valence-electron chi connectivity index (χ2n) is 5.02. The maximum absolute atomic E-state index is 12.0. The SMILES string of the molecule is C=CCC(NC(=O)OCc1ccccc1)c1ccc(C#N)cc1. The fourth-order valence-electron chi connectivity index (χ4n) is 2.14. The van der Waals surface area contributed by atoms with Crippen molar-refractivity contribution in [2.24, 2.45) is 0 Å².